The second-order valence-electron chi connectivity index (χ2n) is 6.91. The van der Waals surface area contributed by atoms with Gasteiger partial charge in [-0.05, 0) is 64.8 Å². The average molecular weight is 347 g/mol. The summed E-state index contributed by atoms with van der Waals surface area (Å²) in [6.45, 7) is 0. The molecule has 0 saturated heterocycles. The molecule has 1 nitrogen and oxygen atoms in total. The third-order valence-electron chi connectivity index (χ3n) is 5.57. The lowest BCUT2D eigenvalue weighted by atomic mass is 9.75. The minimum atomic E-state index is -0.137. The number of hydrogen-bond donors (Lipinski definition) is 0. The highest BCUT2D eigenvalue weighted by atomic mass is 35.5. The van der Waals surface area contributed by atoms with E-state index in [1.807, 2.05) is 12.1 Å². The Morgan fingerprint density at radius 3 is 2.76 bits per heavy atom. The summed E-state index contributed by atoms with van der Waals surface area (Å²) in [5.74, 6) is 1.12. The first-order valence-corrected chi connectivity index (χ1v) is 9.34. The maximum Gasteiger partial charge on any atom is 0.122 e. The zero-order chi connectivity index (χ0) is 16.8. The first-order valence-electron chi connectivity index (χ1n) is 8.91. The lowest BCUT2D eigenvalue weighted by Gasteiger charge is -2.31. The minimum Gasteiger partial charge on any atom is -0.468 e. The fraction of sp³-hybridized carbons (Fsp3) is 0.217. The van der Waals surface area contributed by atoms with Gasteiger partial charge in [-0.2, -0.15) is 0 Å². The Hall–Kier alpha value is -2.25. The van der Waals surface area contributed by atoms with Crippen molar-refractivity contribution in [2.75, 3.05) is 0 Å². The number of fused-ring (bicyclic) bond motifs is 5. The van der Waals surface area contributed by atoms with Gasteiger partial charge < -0.3 is 4.42 Å². The van der Waals surface area contributed by atoms with Crippen LogP contribution in [0, 0.1) is 0 Å². The molecule has 0 fully saturated rings. The lowest BCUT2D eigenvalue weighted by Crippen LogP contribution is -2.16. The maximum absolute atomic E-state index is 6.87. The minimum absolute atomic E-state index is 0.137. The van der Waals surface area contributed by atoms with Gasteiger partial charge in [0, 0.05) is 5.92 Å². The van der Waals surface area contributed by atoms with Crippen LogP contribution in [0.3, 0.4) is 0 Å². The van der Waals surface area contributed by atoms with Gasteiger partial charge in [0.2, 0.25) is 0 Å². The van der Waals surface area contributed by atoms with Crippen LogP contribution in [-0.2, 0) is 12.8 Å². The van der Waals surface area contributed by atoms with E-state index in [1.165, 1.54) is 33.4 Å². The first-order chi connectivity index (χ1) is 12.3. The molecule has 5 rings (SSSR count). The fourth-order valence-corrected chi connectivity index (χ4v) is 4.77. The highest BCUT2D eigenvalue weighted by Crippen LogP contribution is 2.48. The predicted molar refractivity (Wildman–Crippen MR) is 103 cm³/mol. The summed E-state index contributed by atoms with van der Waals surface area (Å²) in [5, 5.41) is -0.137. The van der Waals surface area contributed by atoms with Crippen molar-refractivity contribution in [2.45, 2.75) is 30.6 Å². The number of allylic oxidation sites excluding steroid dienone is 1. The van der Waals surface area contributed by atoms with Crippen molar-refractivity contribution in [1.82, 2.24) is 0 Å². The van der Waals surface area contributed by atoms with Crippen molar-refractivity contribution >= 4 is 17.7 Å². The van der Waals surface area contributed by atoms with Crippen molar-refractivity contribution in [3.05, 3.63) is 88.9 Å². The van der Waals surface area contributed by atoms with Gasteiger partial charge in [-0.3, -0.25) is 0 Å². The van der Waals surface area contributed by atoms with Gasteiger partial charge in [-0.15, -0.1) is 11.6 Å². The van der Waals surface area contributed by atoms with E-state index in [-0.39, 0.29) is 11.3 Å². The summed E-state index contributed by atoms with van der Waals surface area (Å²) >= 11 is 6.87. The van der Waals surface area contributed by atoms with Crippen LogP contribution in [0.4, 0.5) is 0 Å². The highest BCUT2D eigenvalue weighted by molar-refractivity contribution is 6.21. The van der Waals surface area contributed by atoms with E-state index in [4.69, 9.17) is 16.0 Å². The number of benzene rings is 2. The largest absolute Gasteiger partial charge is 0.468 e. The Balaban J connectivity index is 1.68. The summed E-state index contributed by atoms with van der Waals surface area (Å²) in [6, 6.07) is 17.2. The quantitative estimate of drug-likeness (QED) is 0.481. The molecule has 0 spiro atoms. The topological polar surface area (TPSA) is 13.1 Å². The van der Waals surface area contributed by atoms with Crippen LogP contribution in [0.2, 0.25) is 0 Å². The van der Waals surface area contributed by atoms with Crippen LogP contribution in [-0.4, -0.2) is 0 Å². The molecule has 3 aromatic rings. The standard InChI is InChI=1S/C23H19ClO/c24-23(21-9-4-14-25-21)20-8-3-6-16-11-12-18-17-7-2-1-5-15(17)10-13-19(18)22(16)20/h1-7,9,11-12,14,20,23H,8,10,13H2. The van der Waals surface area contributed by atoms with Crippen LogP contribution in [0.5, 0.6) is 0 Å². The molecule has 2 heteroatoms. The Morgan fingerprint density at radius 1 is 0.960 bits per heavy atom. The molecule has 0 aliphatic heterocycles. The van der Waals surface area contributed by atoms with Crippen molar-refractivity contribution in [1.29, 1.82) is 0 Å². The van der Waals surface area contributed by atoms with Crippen molar-refractivity contribution in [3.63, 3.8) is 0 Å². The number of hydrogen-bond acceptors (Lipinski definition) is 1. The summed E-state index contributed by atoms with van der Waals surface area (Å²) < 4.78 is 5.61. The van der Waals surface area contributed by atoms with Gasteiger partial charge in [0.1, 0.15) is 5.76 Å². The fourth-order valence-electron chi connectivity index (χ4n) is 4.42. The molecule has 0 bridgehead atoms. The van der Waals surface area contributed by atoms with Crippen molar-refractivity contribution < 1.29 is 4.42 Å². The van der Waals surface area contributed by atoms with Crippen LogP contribution in [0.1, 0.15) is 45.7 Å². The molecule has 1 aromatic heterocycles. The zero-order valence-corrected chi connectivity index (χ0v) is 14.7. The molecule has 25 heavy (non-hydrogen) atoms. The lowest BCUT2D eigenvalue weighted by molar-refractivity contribution is 0.474. The van der Waals surface area contributed by atoms with E-state index in [9.17, 15) is 0 Å². The molecule has 2 aromatic carbocycles. The van der Waals surface area contributed by atoms with Gasteiger partial charge >= 0.3 is 0 Å². The summed E-state index contributed by atoms with van der Waals surface area (Å²) in [6.07, 6.45) is 9.35. The monoisotopic (exact) mass is 346 g/mol. The Kier molecular flexibility index (Phi) is 3.57. The SMILES string of the molecule is ClC(c1ccco1)C1CC=Cc2ccc3c(c21)CCc1ccccc1-3. The van der Waals surface area contributed by atoms with E-state index < -0.39 is 0 Å². The normalized spacial score (nSPS) is 19.0. The van der Waals surface area contributed by atoms with Gasteiger partial charge in [-0.25, -0.2) is 0 Å². The second-order valence-corrected chi connectivity index (χ2v) is 7.38. The number of aryl methyl sites for hydroxylation is 1. The van der Waals surface area contributed by atoms with Gasteiger partial charge in [0.05, 0.1) is 11.6 Å². The summed E-state index contributed by atoms with van der Waals surface area (Å²) in [5.41, 5.74) is 8.42. The van der Waals surface area contributed by atoms with Gasteiger partial charge in [0.25, 0.3) is 0 Å². The Bertz CT molecular complexity index is 952. The van der Waals surface area contributed by atoms with Crippen molar-refractivity contribution in [2.24, 2.45) is 0 Å². The molecule has 0 saturated carbocycles. The number of furan rings is 1. The number of alkyl halides is 1. The van der Waals surface area contributed by atoms with Crippen LogP contribution in [0.25, 0.3) is 17.2 Å². The molecule has 124 valence electrons. The summed E-state index contributed by atoms with van der Waals surface area (Å²) in [4.78, 5) is 0. The molecule has 2 atom stereocenters. The van der Waals surface area contributed by atoms with Gasteiger partial charge in [-0.1, -0.05) is 48.6 Å². The van der Waals surface area contributed by atoms with Gasteiger partial charge in [0.15, 0.2) is 0 Å². The molecule has 0 radical (unpaired) electrons. The third kappa shape index (κ3) is 2.38. The molecular weight excluding hydrogens is 328 g/mol. The van der Waals surface area contributed by atoms with Crippen molar-refractivity contribution in [3.8, 4) is 11.1 Å². The van der Waals surface area contributed by atoms with Crippen LogP contribution >= 0.6 is 11.6 Å². The molecular formula is C23H19ClO. The zero-order valence-electron chi connectivity index (χ0n) is 13.9. The Morgan fingerprint density at radius 2 is 1.88 bits per heavy atom. The van der Waals surface area contributed by atoms with Crippen LogP contribution in [0.15, 0.2) is 65.3 Å². The predicted octanol–water partition coefficient (Wildman–Crippen LogP) is 6.53. The highest BCUT2D eigenvalue weighted by Gasteiger charge is 2.31. The molecule has 2 unspecified atom stereocenters. The number of rotatable bonds is 2. The smallest absolute Gasteiger partial charge is 0.122 e. The molecule has 0 amide bonds. The molecule has 1 heterocycles. The second kappa shape index (κ2) is 5.93. The molecule has 0 N–H and O–H groups in total. The molecule has 2 aliphatic carbocycles. The van der Waals surface area contributed by atoms with Crippen LogP contribution < -0.4 is 0 Å². The van der Waals surface area contributed by atoms with E-state index in [0.717, 1.165) is 25.0 Å². The average Bonchev–Trinajstić information content (AvgIpc) is 3.21. The first kappa shape index (κ1) is 15.0. The Labute approximate surface area is 152 Å². The molecule has 2 aliphatic rings. The van der Waals surface area contributed by atoms with E-state index in [0.29, 0.717) is 0 Å². The maximum atomic E-state index is 6.87. The third-order valence-corrected chi connectivity index (χ3v) is 6.09. The van der Waals surface area contributed by atoms with E-state index in [2.05, 4.69) is 48.6 Å². The van der Waals surface area contributed by atoms with E-state index >= 15 is 0 Å². The summed E-state index contributed by atoms with van der Waals surface area (Å²) in [7, 11) is 0. The number of halogens is 1. The van der Waals surface area contributed by atoms with E-state index in [1.54, 1.807) is 6.26 Å².